The highest BCUT2D eigenvalue weighted by Crippen LogP contribution is 2.28. The maximum absolute atomic E-state index is 12.5. The van der Waals surface area contributed by atoms with E-state index in [9.17, 15) is 4.79 Å². The number of carbonyl (C=O) groups excluding carboxylic acids is 1. The average Bonchev–Trinajstić information content (AvgIpc) is 3.30. The van der Waals surface area contributed by atoms with Crippen LogP contribution >= 0.6 is 11.6 Å². The van der Waals surface area contributed by atoms with E-state index >= 15 is 0 Å². The Bertz CT molecular complexity index is 848. The van der Waals surface area contributed by atoms with Crippen LogP contribution in [0.25, 0.3) is 11.3 Å². The molecule has 2 aromatic heterocycles. The van der Waals surface area contributed by atoms with Crippen molar-refractivity contribution in [3.05, 3.63) is 41.2 Å². The SMILES string of the molecule is O=C(Cc1cc(-c2cccc(NCC3CCOCC3)n2)c(Cl)cn1)[C@@H]1CCCN1. The van der Waals surface area contributed by atoms with Crippen molar-refractivity contribution in [3.8, 4) is 11.3 Å². The van der Waals surface area contributed by atoms with E-state index < -0.39 is 0 Å². The molecule has 0 saturated carbocycles. The van der Waals surface area contributed by atoms with E-state index in [0.717, 1.165) is 74.8 Å². The first kappa shape index (κ1) is 20.3. The summed E-state index contributed by atoms with van der Waals surface area (Å²) in [5.74, 6) is 1.62. The van der Waals surface area contributed by atoms with E-state index in [4.69, 9.17) is 21.3 Å². The summed E-state index contributed by atoms with van der Waals surface area (Å²) in [4.78, 5) is 21.6. The Morgan fingerprint density at radius 2 is 2.14 bits per heavy atom. The van der Waals surface area contributed by atoms with Crippen LogP contribution in [0.4, 0.5) is 5.82 Å². The van der Waals surface area contributed by atoms with Gasteiger partial charge in [-0.1, -0.05) is 17.7 Å². The summed E-state index contributed by atoms with van der Waals surface area (Å²) in [6.45, 7) is 3.47. The third kappa shape index (κ3) is 5.32. The highest BCUT2D eigenvalue weighted by Gasteiger charge is 2.22. The number of ether oxygens (including phenoxy) is 1. The predicted octanol–water partition coefficient (Wildman–Crippen LogP) is 3.50. The molecule has 29 heavy (non-hydrogen) atoms. The molecule has 2 saturated heterocycles. The Morgan fingerprint density at radius 1 is 1.28 bits per heavy atom. The van der Waals surface area contributed by atoms with Crippen LogP contribution in [0, 0.1) is 5.92 Å². The average molecular weight is 415 g/mol. The fraction of sp³-hybridized carbons (Fsp3) is 0.500. The van der Waals surface area contributed by atoms with Gasteiger partial charge in [-0.15, -0.1) is 0 Å². The smallest absolute Gasteiger partial charge is 0.155 e. The second-order valence-corrected chi connectivity index (χ2v) is 8.20. The molecular weight excluding hydrogens is 388 g/mol. The predicted molar refractivity (Wildman–Crippen MR) is 114 cm³/mol. The number of pyridine rings is 2. The summed E-state index contributed by atoms with van der Waals surface area (Å²) in [5, 5.41) is 7.23. The van der Waals surface area contributed by atoms with E-state index in [1.165, 1.54) is 0 Å². The molecule has 0 bridgehead atoms. The van der Waals surface area contributed by atoms with Crippen molar-refractivity contribution in [2.45, 2.75) is 38.1 Å². The van der Waals surface area contributed by atoms with E-state index in [1.54, 1.807) is 6.20 Å². The standard InChI is InChI=1S/C22H27ClN4O2/c23-18-14-25-16(12-21(28)20-4-2-8-24-20)11-17(18)19-3-1-5-22(27-19)26-13-15-6-9-29-10-7-15/h1,3,5,11,14-15,20,24H,2,4,6-10,12-13H2,(H,26,27)/t20-/m0/s1. The Kier molecular flexibility index (Phi) is 6.74. The molecular formula is C22H27ClN4O2. The molecule has 0 aromatic carbocycles. The number of ketones is 1. The van der Waals surface area contributed by atoms with Crippen molar-refractivity contribution in [2.24, 2.45) is 5.92 Å². The molecule has 2 N–H and O–H groups in total. The molecule has 0 spiro atoms. The number of anilines is 1. The zero-order chi connectivity index (χ0) is 20.1. The monoisotopic (exact) mass is 414 g/mol. The van der Waals surface area contributed by atoms with E-state index in [-0.39, 0.29) is 11.8 Å². The van der Waals surface area contributed by atoms with Crippen molar-refractivity contribution in [1.82, 2.24) is 15.3 Å². The highest BCUT2D eigenvalue weighted by molar-refractivity contribution is 6.33. The fourth-order valence-corrected chi connectivity index (χ4v) is 4.12. The normalized spacial score (nSPS) is 20.0. The van der Waals surface area contributed by atoms with Crippen LogP contribution in [-0.2, 0) is 16.0 Å². The number of Topliss-reactive ketones (excluding diaryl/α,β-unsaturated/α-hetero) is 1. The molecule has 0 amide bonds. The van der Waals surface area contributed by atoms with E-state index in [0.29, 0.717) is 17.4 Å². The van der Waals surface area contributed by atoms with Gasteiger partial charge in [-0.3, -0.25) is 9.78 Å². The van der Waals surface area contributed by atoms with Crippen LogP contribution in [0.15, 0.2) is 30.5 Å². The molecule has 4 heterocycles. The van der Waals surface area contributed by atoms with Crippen molar-refractivity contribution >= 4 is 23.2 Å². The number of carbonyl (C=O) groups is 1. The van der Waals surface area contributed by atoms with Gasteiger partial charge in [0, 0.05) is 37.2 Å². The van der Waals surface area contributed by atoms with Gasteiger partial charge < -0.3 is 15.4 Å². The number of nitrogens with zero attached hydrogens (tertiary/aromatic N) is 2. The number of hydrogen-bond donors (Lipinski definition) is 2. The molecule has 0 aliphatic carbocycles. The van der Waals surface area contributed by atoms with Crippen molar-refractivity contribution in [1.29, 1.82) is 0 Å². The largest absolute Gasteiger partial charge is 0.381 e. The molecule has 2 aliphatic heterocycles. The van der Waals surface area contributed by atoms with E-state index in [2.05, 4.69) is 15.6 Å². The van der Waals surface area contributed by atoms with Crippen molar-refractivity contribution in [3.63, 3.8) is 0 Å². The Morgan fingerprint density at radius 3 is 2.93 bits per heavy atom. The zero-order valence-electron chi connectivity index (χ0n) is 16.5. The highest BCUT2D eigenvalue weighted by atomic mass is 35.5. The Labute approximate surface area is 176 Å². The van der Waals surface area contributed by atoms with Gasteiger partial charge in [0.15, 0.2) is 5.78 Å². The molecule has 0 unspecified atom stereocenters. The minimum absolute atomic E-state index is 0.0493. The van der Waals surface area contributed by atoms with Crippen LogP contribution < -0.4 is 10.6 Å². The summed E-state index contributed by atoms with van der Waals surface area (Å²) in [6.07, 6.45) is 6.04. The van der Waals surface area contributed by atoms with E-state index in [1.807, 2.05) is 24.3 Å². The van der Waals surface area contributed by atoms with Crippen LogP contribution in [0.5, 0.6) is 0 Å². The first-order chi connectivity index (χ1) is 14.2. The quantitative estimate of drug-likeness (QED) is 0.722. The molecule has 154 valence electrons. The lowest BCUT2D eigenvalue weighted by Crippen LogP contribution is -2.32. The molecule has 4 rings (SSSR count). The number of nitrogens with one attached hydrogen (secondary N) is 2. The van der Waals surface area contributed by atoms with Gasteiger partial charge in [0.05, 0.1) is 23.2 Å². The lowest BCUT2D eigenvalue weighted by Gasteiger charge is -2.22. The first-order valence-corrected chi connectivity index (χ1v) is 10.8. The molecule has 2 fully saturated rings. The van der Waals surface area contributed by atoms with Gasteiger partial charge in [0.25, 0.3) is 0 Å². The Hall–Kier alpha value is -2.02. The third-order valence-corrected chi connectivity index (χ3v) is 5.96. The Balaban J connectivity index is 1.46. The van der Waals surface area contributed by atoms with Gasteiger partial charge in [-0.25, -0.2) is 4.98 Å². The molecule has 0 radical (unpaired) electrons. The van der Waals surface area contributed by atoms with Crippen LogP contribution in [0.1, 0.15) is 31.4 Å². The summed E-state index contributed by atoms with van der Waals surface area (Å²) in [6, 6.07) is 7.71. The lowest BCUT2D eigenvalue weighted by molar-refractivity contribution is -0.120. The number of aromatic nitrogens is 2. The van der Waals surface area contributed by atoms with Crippen LogP contribution in [0.2, 0.25) is 5.02 Å². The second kappa shape index (κ2) is 9.65. The van der Waals surface area contributed by atoms with Gasteiger partial charge >= 0.3 is 0 Å². The van der Waals surface area contributed by atoms with Gasteiger partial charge in [0.2, 0.25) is 0 Å². The molecule has 1 atom stereocenters. The van der Waals surface area contributed by atoms with Gasteiger partial charge in [-0.05, 0) is 56.3 Å². The van der Waals surface area contributed by atoms with Crippen LogP contribution in [0.3, 0.4) is 0 Å². The maximum Gasteiger partial charge on any atom is 0.155 e. The molecule has 2 aliphatic rings. The van der Waals surface area contributed by atoms with Gasteiger partial charge in [0.1, 0.15) is 5.82 Å². The second-order valence-electron chi connectivity index (χ2n) is 7.79. The van der Waals surface area contributed by atoms with Crippen molar-refractivity contribution in [2.75, 3.05) is 31.6 Å². The summed E-state index contributed by atoms with van der Waals surface area (Å²) in [5.41, 5.74) is 2.31. The molecule has 7 heteroatoms. The lowest BCUT2D eigenvalue weighted by atomic mass is 10.0. The zero-order valence-corrected chi connectivity index (χ0v) is 17.3. The number of halogens is 1. The summed E-state index contributed by atoms with van der Waals surface area (Å²) >= 11 is 6.41. The molecule has 6 nitrogen and oxygen atoms in total. The maximum atomic E-state index is 12.5. The number of hydrogen-bond acceptors (Lipinski definition) is 6. The summed E-state index contributed by atoms with van der Waals surface area (Å²) in [7, 11) is 0. The fourth-order valence-electron chi connectivity index (χ4n) is 3.92. The summed E-state index contributed by atoms with van der Waals surface area (Å²) < 4.78 is 5.42. The van der Waals surface area contributed by atoms with Crippen LogP contribution in [-0.4, -0.2) is 48.1 Å². The van der Waals surface area contributed by atoms with Gasteiger partial charge in [-0.2, -0.15) is 0 Å². The first-order valence-electron chi connectivity index (χ1n) is 10.4. The molecule has 2 aromatic rings. The minimum Gasteiger partial charge on any atom is -0.381 e. The number of rotatable bonds is 7. The minimum atomic E-state index is -0.0493. The topological polar surface area (TPSA) is 76.1 Å². The van der Waals surface area contributed by atoms with Crippen molar-refractivity contribution < 1.29 is 9.53 Å². The third-order valence-electron chi connectivity index (χ3n) is 5.65.